The van der Waals surface area contributed by atoms with Gasteiger partial charge in [0.15, 0.2) is 0 Å². The van der Waals surface area contributed by atoms with Gasteiger partial charge in [0.1, 0.15) is 12.0 Å². The lowest BCUT2D eigenvalue weighted by molar-refractivity contribution is -0.142. The molecular weight excluding hydrogens is 172 g/mol. The van der Waals surface area contributed by atoms with E-state index in [0.29, 0.717) is 0 Å². The van der Waals surface area contributed by atoms with Gasteiger partial charge in [-0.05, 0) is 0 Å². The molecule has 1 aliphatic carbocycles. The summed E-state index contributed by atoms with van der Waals surface area (Å²) in [5, 5.41) is 10.4. The molecule has 1 saturated carbocycles. The minimum atomic E-state index is -3.11. The average Bonchev–Trinajstić information content (AvgIpc) is 2.37. The number of carboxylic acid groups (broad SMARTS) is 1. The van der Waals surface area contributed by atoms with Gasteiger partial charge in [-0.2, -0.15) is 0 Å². The fourth-order valence-electron chi connectivity index (χ4n) is 1.65. The van der Waals surface area contributed by atoms with Crippen molar-refractivity contribution in [3.8, 4) is 0 Å². The molecule has 0 aromatic carbocycles. The van der Waals surface area contributed by atoms with Gasteiger partial charge in [-0.1, -0.05) is 0 Å². The Morgan fingerprint density at radius 2 is 2.17 bits per heavy atom. The van der Waals surface area contributed by atoms with E-state index in [1.54, 1.807) is 0 Å². The summed E-state index contributed by atoms with van der Waals surface area (Å²) in [7, 11) is 0. The molecule has 1 amide bonds. The maximum absolute atomic E-state index is 12.6. The Hall–Kier alpha value is -1.20. The Bertz CT molecular complexity index is 278. The van der Waals surface area contributed by atoms with E-state index < -0.39 is 35.7 Å². The SMILES string of the molecule is O=C(O)[C@@H]1NC(=O)[C@H]2[C@@H]1C2(F)F. The summed E-state index contributed by atoms with van der Waals surface area (Å²) in [4.78, 5) is 21.0. The Morgan fingerprint density at radius 3 is 2.42 bits per heavy atom. The third kappa shape index (κ3) is 0.645. The lowest BCUT2D eigenvalue weighted by atomic mass is 10.2. The molecule has 0 aromatic heterocycles. The van der Waals surface area contributed by atoms with Crippen LogP contribution in [0.4, 0.5) is 8.78 Å². The lowest BCUT2D eigenvalue weighted by Crippen LogP contribution is -2.40. The Kier molecular flexibility index (Phi) is 1.09. The van der Waals surface area contributed by atoms with Crippen molar-refractivity contribution in [2.45, 2.75) is 12.0 Å². The number of hydrogen-bond acceptors (Lipinski definition) is 2. The summed E-state index contributed by atoms with van der Waals surface area (Å²) in [6, 6.07) is -1.41. The minimum absolute atomic E-state index is 0.850. The highest BCUT2D eigenvalue weighted by Gasteiger charge is 2.79. The minimum Gasteiger partial charge on any atom is -0.480 e. The van der Waals surface area contributed by atoms with Crippen molar-refractivity contribution in [2.24, 2.45) is 11.8 Å². The molecule has 12 heavy (non-hydrogen) atoms. The Labute approximate surface area is 65.6 Å². The zero-order chi connectivity index (χ0) is 9.09. The average molecular weight is 177 g/mol. The van der Waals surface area contributed by atoms with Gasteiger partial charge >= 0.3 is 5.97 Å². The number of halogens is 2. The molecule has 2 aliphatic rings. The molecule has 2 rings (SSSR count). The fraction of sp³-hybridized carbons (Fsp3) is 0.667. The maximum atomic E-state index is 12.6. The standard InChI is InChI=1S/C6H5F2NO3/c7-6(8)1-2(6)4(10)9-3(1)5(11)12/h1-3H,(H,9,10)(H,11,12)/t1-,2+,3+/m0/s1. The van der Waals surface area contributed by atoms with Crippen LogP contribution >= 0.6 is 0 Å². The number of fused-ring (bicyclic) bond motifs is 1. The highest BCUT2D eigenvalue weighted by atomic mass is 19.3. The van der Waals surface area contributed by atoms with Crippen LogP contribution in [-0.2, 0) is 9.59 Å². The fourth-order valence-corrected chi connectivity index (χ4v) is 1.65. The number of rotatable bonds is 1. The first-order valence-corrected chi connectivity index (χ1v) is 3.37. The van der Waals surface area contributed by atoms with Gasteiger partial charge in [-0.25, -0.2) is 13.6 Å². The normalized spacial score (nSPS) is 41.8. The molecule has 1 heterocycles. The van der Waals surface area contributed by atoms with Crippen molar-refractivity contribution in [3.05, 3.63) is 0 Å². The van der Waals surface area contributed by atoms with Crippen LogP contribution < -0.4 is 5.32 Å². The maximum Gasteiger partial charge on any atom is 0.326 e. The van der Waals surface area contributed by atoms with Crippen LogP contribution in [0, 0.1) is 11.8 Å². The van der Waals surface area contributed by atoms with Gasteiger partial charge in [-0.15, -0.1) is 0 Å². The van der Waals surface area contributed by atoms with Crippen LogP contribution in [0.3, 0.4) is 0 Å². The van der Waals surface area contributed by atoms with Gasteiger partial charge in [0.05, 0.1) is 5.92 Å². The molecule has 4 nitrogen and oxygen atoms in total. The summed E-state index contributed by atoms with van der Waals surface area (Å²) in [6.45, 7) is 0. The first kappa shape index (κ1) is 7.45. The molecule has 3 atom stereocenters. The topological polar surface area (TPSA) is 66.4 Å². The van der Waals surface area contributed by atoms with Gasteiger partial charge in [-0.3, -0.25) is 4.79 Å². The van der Waals surface area contributed by atoms with Crippen LogP contribution in [0.25, 0.3) is 0 Å². The third-order valence-corrected chi connectivity index (χ3v) is 2.31. The highest BCUT2D eigenvalue weighted by Crippen LogP contribution is 2.60. The molecule has 6 heteroatoms. The number of carbonyl (C=O) groups excluding carboxylic acids is 1. The predicted molar refractivity (Wildman–Crippen MR) is 31.5 cm³/mol. The van der Waals surface area contributed by atoms with Gasteiger partial charge in [0, 0.05) is 0 Å². The van der Waals surface area contributed by atoms with Crippen molar-refractivity contribution in [3.63, 3.8) is 0 Å². The van der Waals surface area contributed by atoms with Crippen LogP contribution in [0.1, 0.15) is 0 Å². The van der Waals surface area contributed by atoms with E-state index in [-0.39, 0.29) is 0 Å². The van der Waals surface area contributed by atoms with Crippen molar-refractivity contribution in [1.82, 2.24) is 5.32 Å². The second kappa shape index (κ2) is 1.75. The second-order valence-corrected chi connectivity index (χ2v) is 3.00. The first-order chi connectivity index (χ1) is 5.46. The molecular formula is C6H5F2NO3. The number of carboxylic acids is 1. The highest BCUT2D eigenvalue weighted by molar-refractivity contribution is 5.94. The number of piperidine rings is 1. The molecule has 1 saturated heterocycles. The molecule has 0 bridgehead atoms. The number of amides is 1. The van der Waals surface area contributed by atoms with Crippen LogP contribution in [0.15, 0.2) is 0 Å². The van der Waals surface area contributed by atoms with E-state index in [1.165, 1.54) is 0 Å². The van der Waals surface area contributed by atoms with E-state index in [2.05, 4.69) is 0 Å². The smallest absolute Gasteiger partial charge is 0.326 e. The molecule has 0 spiro atoms. The summed E-state index contributed by atoms with van der Waals surface area (Å²) in [5.41, 5.74) is 0. The third-order valence-electron chi connectivity index (χ3n) is 2.31. The first-order valence-electron chi connectivity index (χ1n) is 3.37. The summed E-state index contributed by atoms with van der Waals surface area (Å²) in [6.07, 6.45) is 0. The molecule has 0 aromatic rings. The molecule has 2 N–H and O–H groups in total. The molecule has 0 unspecified atom stereocenters. The lowest BCUT2D eigenvalue weighted by Gasteiger charge is -2.09. The largest absolute Gasteiger partial charge is 0.480 e. The van der Waals surface area contributed by atoms with E-state index >= 15 is 0 Å². The summed E-state index contributed by atoms with van der Waals surface area (Å²) in [5.74, 6) is -8.09. The quantitative estimate of drug-likeness (QED) is 0.564. The number of alkyl halides is 2. The molecule has 0 radical (unpaired) electrons. The van der Waals surface area contributed by atoms with Crippen LogP contribution in [-0.4, -0.2) is 28.9 Å². The predicted octanol–water partition coefficient (Wildman–Crippen LogP) is -0.549. The van der Waals surface area contributed by atoms with Gasteiger partial charge < -0.3 is 10.4 Å². The van der Waals surface area contributed by atoms with Crippen molar-refractivity contribution in [2.75, 3.05) is 0 Å². The van der Waals surface area contributed by atoms with Crippen molar-refractivity contribution < 1.29 is 23.5 Å². The zero-order valence-corrected chi connectivity index (χ0v) is 5.75. The van der Waals surface area contributed by atoms with Crippen LogP contribution in [0.5, 0.6) is 0 Å². The molecule has 66 valence electrons. The van der Waals surface area contributed by atoms with Crippen LogP contribution in [0.2, 0.25) is 0 Å². The van der Waals surface area contributed by atoms with Crippen molar-refractivity contribution >= 4 is 11.9 Å². The van der Waals surface area contributed by atoms with E-state index in [0.717, 1.165) is 0 Å². The monoisotopic (exact) mass is 177 g/mol. The molecule has 1 aliphatic heterocycles. The Morgan fingerprint density at radius 1 is 1.58 bits per heavy atom. The summed E-state index contributed by atoms with van der Waals surface area (Å²) >= 11 is 0. The number of aliphatic carboxylic acids is 1. The number of hydrogen-bond donors (Lipinski definition) is 2. The van der Waals surface area contributed by atoms with Gasteiger partial charge in [0.2, 0.25) is 5.91 Å². The Balaban J connectivity index is 2.25. The van der Waals surface area contributed by atoms with E-state index in [1.807, 2.05) is 5.32 Å². The number of nitrogens with one attached hydrogen (secondary N) is 1. The zero-order valence-electron chi connectivity index (χ0n) is 5.75. The van der Waals surface area contributed by atoms with E-state index in [9.17, 15) is 18.4 Å². The van der Waals surface area contributed by atoms with Crippen molar-refractivity contribution in [1.29, 1.82) is 0 Å². The van der Waals surface area contributed by atoms with Gasteiger partial charge in [0.25, 0.3) is 5.92 Å². The van der Waals surface area contributed by atoms with E-state index in [4.69, 9.17) is 5.11 Å². The number of carbonyl (C=O) groups is 2. The molecule has 2 fully saturated rings. The second-order valence-electron chi connectivity index (χ2n) is 3.00. The summed E-state index contributed by atoms with van der Waals surface area (Å²) < 4.78 is 25.2.